The number of benzene rings is 2. The maximum atomic E-state index is 13.7. The summed E-state index contributed by atoms with van der Waals surface area (Å²) in [5.74, 6) is -1.42. The molecule has 23 heavy (non-hydrogen) atoms. The van der Waals surface area contributed by atoms with Crippen LogP contribution in [0.2, 0.25) is 0 Å². The summed E-state index contributed by atoms with van der Waals surface area (Å²) in [5, 5.41) is 22.9. The molecule has 0 saturated heterocycles. The molecular weight excluding hydrogens is 304 g/mol. The maximum absolute atomic E-state index is 13.7. The first-order valence-electron chi connectivity index (χ1n) is 6.67. The molecule has 5 nitrogen and oxygen atoms in total. The number of aliphatic hydroxyl groups is 1. The lowest BCUT2D eigenvalue weighted by molar-refractivity contribution is 0.223. The summed E-state index contributed by atoms with van der Waals surface area (Å²) in [7, 11) is 0. The molecule has 0 heterocycles. The predicted molar refractivity (Wildman–Crippen MR) is 79.5 cm³/mol. The van der Waals surface area contributed by atoms with E-state index in [0.29, 0.717) is 11.3 Å². The first-order chi connectivity index (χ1) is 11.0. The number of urea groups is 1. The van der Waals surface area contributed by atoms with Gasteiger partial charge in [-0.05, 0) is 36.4 Å². The molecule has 118 valence electrons. The molecule has 2 aromatic carbocycles. The van der Waals surface area contributed by atoms with Crippen LogP contribution in [0, 0.1) is 23.0 Å². The number of hydrogen-bond donors (Lipinski definition) is 3. The van der Waals surface area contributed by atoms with Gasteiger partial charge in [-0.25, -0.2) is 13.6 Å². The average Bonchev–Trinajstić information content (AvgIpc) is 2.55. The highest BCUT2D eigenvalue weighted by Crippen LogP contribution is 2.18. The molecule has 1 atom stereocenters. The average molecular weight is 317 g/mol. The first-order valence-corrected chi connectivity index (χ1v) is 6.67. The van der Waals surface area contributed by atoms with E-state index >= 15 is 0 Å². The van der Waals surface area contributed by atoms with Gasteiger partial charge in [-0.3, -0.25) is 0 Å². The van der Waals surface area contributed by atoms with Crippen LogP contribution in [0.3, 0.4) is 0 Å². The predicted octanol–water partition coefficient (Wildman–Crippen LogP) is 2.69. The minimum absolute atomic E-state index is 0.159. The second-order valence-electron chi connectivity index (χ2n) is 4.69. The Balaban J connectivity index is 2.11. The lowest BCUT2D eigenvalue weighted by Crippen LogP contribution is -2.34. The smallest absolute Gasteiger partial charge is 0.319 e. The van der Waals surface area contributed by atoms with Gasteiger partial charge in [0.2, 0.25) is 0 Å². The number of carbonyl (C=O) groups is 1. The van der Waals surface area contributed by atoms with E-state index in [9.17, 15) is 18.7 Å². The molecule has 0 aliphatic heterocycles. The maximum Gasteiger partial charge on any atom is 0.319 e. The molecule has 0 aliphatic rings. The number of nitrogens with zero attached hydrogens (tertiary/aromatic N) is 1. The third kappa shape index (κ3) is 4.25. The molecule has 2 rings (SSSR count). The second kappa shape index (κ2) is 7.33. The van der Waals surface area contributed by atoms with Crippen molar-refractivity contribution in [1.29, 1.82) is 5.26 Å². The highest BCUT2D eigenvalue weighted by atomic mass is 19.1. The summed E-state index contributed by atoms with van der Waals surface area (Å²) in [6, 6.07) is 9.06. The van der Waals surface area contributed by atoms with Gasteiger partial charge in [0, 0.05) is 11.3 Å². The summed E-state index contributed by atoms with van der Waals surface area (Å²) in [4.78, 5) is 11.9. The first kappa shape index (κ1) is 16.4. The number of carbonyl (C=O) groups excluding carboxylic acids is 1. The third-order valence-corrected chi connectivity index (χ3v) is 3.07. The van der Waals surface area contributed by atoms with Crippen molar-refractivity contribution in [2.45, 2.75) is 6.04 Å². The van der Waals surface area contributed by atoms with E-state index in [2.05, 4.69) is 10.6 Å². The molecule has 0 radical (unpaired) electrons. The zero-order valence-electron chi connectivity index (χ0n) is 11.9. The van der Waals surface area contributed by atoms with Crippen LogP contribution in [0.1, 0.15) is 17.2 Å². The van der Waals surface area contributed by atoms with E-state index in [0.717, 1.165) is 18.2 Å². The van der Waals surface area contributed by atoms with Crippen LogP contribution in [0.5, 0.6) is 0 Å². The summed E-state index contributed by atoms with van der Waals surface area (Å²) in [6.07, 6.45) is 0. The van der Waals surface area contributed by atoms with Gasteiger partial charge in [-0.15, -0.1) is 0 Å². The largest absolute Gasteiger partial charge is 0.394 e. The van der Waals surface area contributed by atoms with Gasteiger partial charge in [0.1, 0.15) is 11.6 Å². The Kier molecular flexibility index (Phi) is 5.23. The number of rotatable bonds is 4. The molecular formula is C16H13F2N3O2. The van der Waals surface area contributed by atoms with Gasteiger partial charge < -0.3 is 15.7 Å². The standard InChI is InChI=1S/C16H13F2N3O2/c17-11-4-5-14(18)13(7-11)15(9-22)21-16(23)20-12-3-1-2-10(6-12)8-19/h1-7,15,22H,9H2,(H2,20,21,23). The van der Waals surface area contributed by atoms with E-state index in [-0.39, 0.29) is 5.56 Å². The number of aliphatic hydroxyl groups excluding tert-OH is 1. The summed E-state index contributed by atoms with van der Waals surface area (Å²) >= 11 is 0. The van der Waals surface area contributed by atoms with Crippen molar-refractivity contribution in [2.24, 2.45) is 0 Å². The molecule has 0 aromatic heterocycles. The van der Waals surface area contributed by atoms with Gasteiger partial charge in [-0.2, -0.15) is 5.26 Å². The zero-order chi connectivity index (χ0) is 16.8. The Hall–Kier alpha value is -2.98. The van der Waals surface area contributed by atoms with Crippen molar-refractivity contribution in [3.63, 3.8) is 0 Å². The molecule has 3 N–H and O–H groups in total. The quantitative estimate of drug-likeness (QED) is 0.810. The second-order valence-corrected chi connectivity index (χ2v) is 4.69. The highest BCUT2D eigenvalue weighted by Gasteiger charge is 2.18. The SMILES string of the molecule is N#Cc1cccc(NC(=O)NC(CO)c2cc(F)ccc2F)c1. The Morgan fingerprint density at radius 2 is 2.04 bits per heavy atom. The van der Waals surface area contributed by atoms with Crippen LogP contribution in [-0.4, -0.2) is 17.7 Å². The van der Waals surface area contributed by atoms with Crippen LogP contribution < -0.4 is 10.6 Å². The van der Waals surface area contributed by atoms with Crippen molar-refractivity contribution in [3.05, 3.63) is 65.2 Å². The minimum Gasteiger partial charge on any atom is -0.394 e. The number of nitrogens with one attached hydrogen (secondary N) is 2. The number of amides is 2. The van der Waals surface area contributed by atoms with Crippen molar-refractivity contribution < 1.29 is 18.7 Å². The van der Waals surface area contributed by atoms with Gasteiger partial charge in [-0.1, -0.05) is 6.07 Å². The topological polar surface area (TPSA) is 85.2 Å². The Morgan fingerprint density at radius 1 is 1.26 bits per heavy atom. The lowest BCUT2D eigenvalue weighted by Gasteiger charge is -2.18. The lowest BCUT2D eigenvalue weighted by atomic mass is 10.1. The molecule has 0 aliphatic carbocycles. The zero-order valence-corrected chi connectivity index (χ0v) is 11.9. The number of nitriles is 1. The van der Waals surface area contributed by atoms with Crippen molar-refractivity contribution in [2.75, 3.05) is 11.9 Å². The molecule has 1 unspecified atom stereocenters. The summed E-state index contributed by atoms with van der Waals surface area (Å²) < 4.78 is 26.9. The molecule has 0 spiro atoms. The van der Waals surface area contributed by atoms with Gasteiger partial charge >= 0.3 is 6.03 Å². The molecule has 7 heteroatoms. The normalized spacial score (nSPS) is 11.4. The van der Waals surface area contributed by atoms with Crippen LogP contribution in [0.25, 0.3) is 0 Å². The fourth-order valence-corrected chi connectivity index (χ4v) is 2.00. The van der Waals surface area contributed by atoms with E-state index in [4.69, 9.17) is 5.26 Å². The molecule has 0 saturated carbocycles. The Labute approximate surface area is 131 Å². The van der Waals surface area contributed by atoms with Crippen LogP contribution in [0.4, 0.5) is 19.3 Å². The highest BCUT2D eigenvalue weighted by molar-refractivity contribution is 5.89. The van der Waals surface area contributed by atoms with Gasteiger partial charge in [0.05, 0.1) is 24.3 Å². The van der Waals surface area contributed by atoms with E-state index < -0.39 is 30.3 Å². The van der Waals surface area contributed by atoms with E-state index in [1.807, 2.05) is 6.07 Å². The van der Waals surface area contributed by atoms with Crippen molar-refractivity contribution in [3.8, 4) is 6.07 Å². The van der Waals surface area contributed by atoms with Gasteiger partial charge in [0.15, 0.2) is 0 Å². The van der Waals surface area contributed by atoms with Gasteiger partial charge in [0.25, 0.3) is 0 Å². The van der Waals surface area contributed by atoms with Crippen LogP contribution in [-0.2, 0) is 0 Å². The monoisotopic (exact) mass is 317 g/mol. The van der Waals surface area contributed by atoms with E-state index in [1.165, 1.54) is 6.07 Å². The number of anilines is 1. The van der Waals surface area contributed by atoms with Crippen molar-refractivity contribution >= 4 is 11.7 Å². The van der Waals surface area contributed by atoms with Crippen molar-refractivity contribution in [1.82, 2.24) is 5.32 Å². The fraction of sp³-hybridized carbons (Fsp3) is 0.125. The third-order valence-electron chi connectivity index (χ3n) is 3.07. The van der Waals surface area contributed by atoms with E-state index in [1.54, 1.807) is 18.2 Å². The van der Waals surface area contributed by atoms with Crippen LogP contribution >= 0.6 is 0 Å². The summed E-state index contributed by atoms with van der Waals surface area (Å²) in [6.45, 7) is -0.605. The Morgan fingerprint density at radius 3 is 2.74 bits per heavy atom. The number of halogens is 2. The Bertz CT molecular complexity index is 759. The van der Waals surface area contributed by atoms with Crippen LogP contribution in [0.15, 0.2) is 42.5 Å². The molecule has 0 fully saturated rings. The minimum atomic E-state index is -1.11. The molecule has 0 bridgehead atoms. The number of hydrogen-bond acceptors (Lipinski definition) is 3. The fourth-order valence-electron chi connectivity index (χ4n) is 2.00. The summed E-state index contributed by atoms with van der Waals surface area (Å²) in [5.41, 5.74) is 0.559. The molecule has 2 aromatic rings. The molecule has 2 amide bonds.